The van der Waals surface area contributed by atoms with Crippen LogP contribution in [-0.2, 0) is 16.0 Å². The van der Waals surface area contributed by atoms with Crippen molar-refractivity contribution < 1.29 is 12.3 Å². The Hall–Kier alpha value is -1.43. The molecule has 0 aliphatic heterocycles. The number of pyridine rings is 1. The maximum atomic E-state index is 12.4. The molecule has 0 radical (unpaired) electrons. The van der Waals surface area contributed by atoms with Crippen molar-refractivity contribution in [2.24, 2.45) is 0 Å². The number of hydrogen-bond acceptors (Lipinski definition) is 3. The Labute approximate surface area is 80.2 Å². The summed E-state index contributed by atoms with van der Waals surface area (Å²) in [6.45, 7) is 0. The number of nitrogens with zero attached hydrogens (tertiary/aromatic N) is 2. The molecule has 0 aliphatic carbocycles. The van der Waals surface area contributed by atoms with E-state index in [0.717, 1.165) is 0 Å². The fraction of sp³-hybridized carbons (Fsp3) is 0.125. The molecule has 4 nitrogen and oxygen atoms in total. The molecule has 0 bridgehead atoms. The summed E-state index contributed by atoms with van der Waals surface area (Å²) in [5, 5.41) is 3.89. The summed E-state index contributed by atoms with van der Waals surface area (Å²) in [6, 6.07) is 5.19. The summed E-state index contributed by atoms with van der Waals surface area (Å²) in [5.74, 6) is -0.624. The van der Waals surface area contributed by atoms with Gasteiger partial charge in [0.05, 0.1) is 11.7 Å². The average molecular weight is 214 g/mol. The first kappa shape index (κ1) is 9.14. The summed E-state index contributed by atoms with van der Waals surface area (Å²) in [6.07, 6.45) is 3.02. The predicted octanol–water partition coefficient (Wildman–Crippen LogP) is 1.13. The number of halogens is 1. The van der Waals surface area contributed by atoms with Crippen molar-refractivity contribution in [3.63, 3.8) is 0 Å². The van der Waals surface area contributed by atoms with E-state index in [4.69, 9.17) is 0 Å². The first-order valence-corrected chi connectivity index (χ1v) is 5.45. The lowest BCUT2D eigenvalue weighted by atomic mass is 10.3. The molecule has 0 saturated heterocycles. The lowest BCUT2D eigenvalue weighted by Crippen LogP contribution is -1.95. The smallest absolute Gasteiger partial charge is 0.241 e. The molecule has 2 heterocycles. The maximum Gasteiger partial charge on any atom is 0.306 e. The van der Waals surface area contributed by atoms with E-state index in [1.807, 2.05) is 0 Å². The molecular formula is C8H7FN2O2S. The molecule has 0 aromatic carbocycles. The van der Waals surface area contributed by atoms with Gasteiger partial charge in [0.2, 0.25) is 0 Å². The van der Waals surface area contributed by atoms with Crippen LogP contribution in [0.2, 0.25) is 0 Å². The molecule has 0 spiro atoms. The van der Waals surface area contributed by atoms with Gasteiger partial charge in [0.1, 0.15) is 5.75 Å². The minimum atomic E-state index is -4.49. The van der Waals surface area contributed by atoms with Crippen LogP contribution in [0, 0.1) is 0 Å². The summed E-state index contributed by atoms with van der Waals surface area (Å²) in [4.78, 5) is 0. The van der Waals surface area contributed by atoms with Crippen molar-refractivity contribution in [1.82, 2.24) is 9.61 Å². The minimum Gasteiger partial charge on any atom is -0.241 e. The van der Waals surface area contributed by atoms with Gasteiger partial charge in [-0.25, -0.2) is 4.52 Å². The molecular weight excluding hydrogens is 207 g/mol. The minimum absolute atomic E-state index is 0.369. The van der Waals surface area contributed by atoms with Crippen LogP contribution in [0.25, 0.3) is 5.52 Å². The van der Waals surface area contributed by atoms with Crippen molar-refractivity contribution in [2.75, 3.05) is 0 Å². The van der Waals surface area contributed by atoms with Crippen LogP contribution in [0.5, 0.6) is 0 Å². The normalized spacial score (nSPS) is 12.1. The van der Waals surface area contributed by atoms with E-state index >= 15 is 0 Å². The number of rotatable bonds is 2. The third-order valence-electron chi connectivity index (χ3n) is 1.83. The summed E-state index contributed by atoms with van der Waals surface area (Å²) in [7, 11) is -4.49. The fourth-order valence-corrected chi connectivity index (χ4v) is 1.88. The zero-order valence-corrected chi connectivity index (χ0v) is 7.91. The van der Waals surface area contributed by atoms with Gasteiger partial charge < -0.3 is 0 Å². The van der Waals surface area contributed by atoms with Gasteiger partial charge in [-0.3, -0.25) is 0 Å². The van der Waals surface area contributed by atoms with Gasteiger partial charge in [-0.1, -0.05) is 6.07 Å². The third-order valence-corrected chi connectivity index (χ3v) is 2.49. The van der Waals surface area contributed by atoms with Crippen molar-refractivity contribution in [1.29, 1.82) is 0 Å². The van der Waals surface area contributed by atoms with Crippen molar-refractivity contribution in [3.05, 3.63) is 36.2 Å². The Bertz CT molecular complexity index is 561. The molecule has 74 valence electrons. The van der Waals surface area contributed by atoms with Crippen LogP contribution in [0.1, 0.15) is 5.56 Å². The maximum absolute atomic E-state index is 12.4. The van der Waals surface area contributed by atoms with Gasteiger partial charge >= 0.3 is 10.2 Å². The van der Waals surface area contributed by atoms with Gasteiger partial charge in [0.25, 0.3) is 0 Å². The molecule has 2 rings (SSSR count). The molecule has 2 aromatic heterocycles. The SMILES string of the molecule is O=S(=O)(F)Cc1cnn2ccccc12. The molecule has 0 amide bonds. The molecule has 0 aliphatic rings. The third kappa shape index (κ3) is 1.74. The van der Waals surface area contributed by atoms with Crippen molar-refractivity contribution >= 4 is 15.7 Å². The zero-order valence-electron chi connectivity index (χ0n) is 7.09. The Morgan fingerprint density at radius 3 is 2.93 bits per heavy atom. The number of hydrogen-bond donors (Lipinski definition) is 0. The van der Waals surface area contributed by atoms with Gasteiger partial charge in [-0.15, -0.1) is 3.89 Å². The van der Waals surface area contributed by atoms with E-state index in [2.05, 4.69) is 5.10 Å². The second-order valence-electron chi connectivity index (χ2n) is 2.88. The molecule has 0 fully saturated rings. The van der Waals surface area contributed by atoms with Crippen LogP contribution >= 0.6 is 0 Å². The molecule has 0 unspecified atom stereocenters. The topological polar surface area (TPSA) is 51.4 Å². The van der Waals surface area contributed by atoms with E-state index in [9.17, 15) is 12.3 Å². The molecule has 2 aromatic rings. The van der Waals surface area contributed by atoms with E-state index in [0.29, 0.717) is 11.1 Å². The Morgan fingerprint density at radius 1 is 1.43 bits per heavy atom. The van der Waals surface area contributed by atoms with Gasteiger partial charge in [-0.05, 0) is 12.1 Å². The molecule has 0 saturated carbocycles. The van der Waals surface area contributed by atoms with Gasteiger partial charge in [0.15, 0.2) is 0 Å². The Balaban J connectivity index is 2.54. The second kappa shape index (κ2) is 3.06. The Kier molecular flexibility index (Phi) is 1.99. The molecule has 14 heavy (non-hydrogen) atoms. The van der Waals surface area contributed by atoms with Crippen LogP contribution in [0.4, 0.5) is 3.89 Å². The van der Waals surface area contributed by atoms with Crippen molar-refractivity contribution in [3.8, 4) is 0 Å². The average Bonchev–Trinajstić information content (AvgIpc) is 2.47. The number of aromatic nitrogens is 2. The zero-order chi connectivity index (χ0) is 10.2. The summed E-state index contributed by atoms with van der Waals surface area (Å²) >= 11 is 0. The summed E-state index contributed by atoms with van der Waals surface area (Å²) in [5.41, 5.74) is 0.974. The lowest BCUT2D eigenvalue weighted by Gasteiger charge is -1.94. The van der Waals surface area contributed by atoms with Crippen molar-refractivity contribution in [2.45, 2.75) is 5.75 Å². The Morgan fingerprint density at radius 2 is 2.21 bits per heavy atom. The lowest BCUT2D eigenvalue weighted by molar-refractivity contribution is 0.551. The van der Waals surface area contributed by atoms with Crippen LogP contribution in [0.3, 0.4) is 0 Å². The first-order valence-electron chi connectivity index (χ1n) is 3.90. The number of fused-ring (bicyclic) bond motifs is 1. The highest BCUT2D eigenvalue weighted by Crippen LogP contribution is 2.13. The van der Waals surface area contributed by atoms with E-state index in [-0.39, 0.29) is 0 Å². The van der Waals surface area contributed by atoms with Crippen LogP contribution < -0.4 is 0 Å². The monoisotopic (exact) mass is 214 g/mol. The summed E-state index contributed by atoms with van der Waals surface area (Å²) < 4.78 is 34.8. The molecule has 0 N–H and O–H groups in total. The van der Waals surface area contributed by atoms with Gasteiger partial charge in [0, 0.05) is 11.8 Å². The highest BCUT2D eigenvalue weighted by Gasteiger charge is 2.12. The largest absolute Gasteiger partial charge is 0.306 e. The molecule has 6 heteroatoms. The van der Waals surface area contributed by atoms with Gasteiger partial charge in [-0.2, -0.15) is 13.5 Å². The highest BCUT2D eigenvalue weighted by molar-refractivity contribution is 7.85. The quantitative estimate of drug-likeness (QED) is 0.704. The van der Waals surface area contributed by atoms with E-state index in [1.165, 1.54) is 10.7 Å². The molecule has 0 atom stereocenters. The van der Waals surface area contributed by atoms with Crippen LogP contribution in [0.15, 0.2) is 30.6 Å². The fourth-order valence-electron chi connectivity index (χ4n) is 1.28. The standard InChI is InChI=1S/C8H7FN2O2S/c9-14(12,13)6-7-5-10-11-4-2-1-3-8(7)11/h1-5H,6H2. The highest BCUT2D eigenvalue weighted by atomic mass is 32.3. The predicted molar refractivity (Wildman–Crippen MR) is 48.9 cm³/mol. The van der Waals surface area contributed by atoms with Crippen LogP contribution in [-0.4, -0.2) is 18.0 Å². The van der Waals surface area contributed by atoms with E-state index < -0.39 is 16.0 Å². The first-order chi connectivity index (χ1) is 6.56. The van der Waals surface area contributed by atoms with E-state index in [1.54, 1.807) is 24.4 Å². The second-order valence-corrected chi connectivity index (χ2v) is 4.25.